The highest BCUT2D eigenvalue weighted by molar-refractivity contribution is 5.94. The van der Waals surface area contributed by atoms with Gasteiger partial charge >= 0.3 is 0 Å². The normalized spacial score (nSPS) is 11.6. The molecule has 0 aliphatic heterocycles. The number of nitrogens with zero attached hydrogens (tertiary/aromatic N) is 1. The summed E-state index contributed by atoms with van der Waals surface area (Å²) in [6.07, 6.45) is 0. The lowest BCUT2D eigenvalue weighted by atomic mass is 10.1. The van der Waals surface area contributed by atoms with Gasteiger partial charge in [-0.2, -0.15) is 5.26 Å². The van der Waals surface area contributed by atoms with E-state index < -0.39 is 0 Å². The van der Waals surface area contributed by atoms with Crippen molar-refractivity contribution in [1.29, 1.82) is 5.26 Å². The largest absolute Gasteiger partial charge is 0.396 e. The van der Waals surface area contributed by atoms with E-state index in [-0.39, 0.29) is 18.4 Å². The minimum Gasteiger partial charge on any atom is -0.396 e. The highest BCUT2D eigenvalue weighted by Gasteiger charge is 2.07. The van der Waals surface area contributed by atoms with Gasteiger partial charge in [-0.1, -0.05) is 13.0 Å². The lowest BCUT2D eigenvalue weighted by molar-refractivity contribution is 0.0942. The van der Waals surface area contributed by atoms with Crippen LogP contribution in [0.1, 0.15) is 22.8 Å². The second-order valence-electron chi connectivity index (χ2n) is 3.69. The van der Waals surface area contributed by atoms with Crippen molar-refractivity contribution in [3.05, 3.63) is 35.4 Å². The molecule has 4 nitrogen and oxygen atoms in total. The van der Waals surface area contributed by atoms with Crippen LogP contribution in [0, 0.1) is 17.2 Å². The Hall–Kier alpha value is -1.86. The van der Waals surface area contributed by atoms with Crippen LogP contribution in [-0.2, 0) is 0 Å². The van der Waals surface area contributed by atoms with Gasteiger partial charge < -0.3 is 10.4 Å². The monoisotopic (exact) mass is 218 g/mol. The molecule has 1 unspecified atom stereocenters. The van der Waals surface area contributed by atoms with Gasteiger partial charge in [-0.15, -0.1) is 0 Å². The number of nitriles is 1. The van der Waals surface area contributed by atoms with Gasteiger partial charge in [-0.05, 0) is 24.1 Å². The molecule has 4 heteroatoms. The molecule has 1 aromatic carbocycles. The van der Waals surface area contributed by atoms with Crippen LogP contribution in [0.25, 0.3) is 0 Å². The first-order chi connectivity index (χ1) is 7.67. The summed E-state index contributed by atoms with van der Waals surface area (Å²) >= 11 is 0. The van der Waals surface area contributed by atoms with Gasteiger partial charge in [0, 0.05) is 18.7 Å². The molecule has 1 rings (SSSR count). The van der Waals surface area contributed by atoms with E-state index in [0.717, 1.165) is 0 Å². The predicted octanol–water partition coefficient (Wildman–Crippen LogP) is 0.916. The van der Waals surface area contributed by atoms with Gasteiger partial charge in [-0.25, -0.2) is 0 Å². The Morgan fingerprint density at radius 3 is 3.00 bits per heavy atom. The van der Waals surface area contributed by atoms with Crippen molar-refractivity contribution in [3.63, 3.8) is 0 Å². The van der Waals surface area contributed by atoms with Crippen molar-refractivity contribution in [1.82, 2.24) is 5.32 Å². The van der Waals surface area contributed by atoms with Crippen LogP contribution < -0.4 is 5.32 Å². The maximum Gasteiger partial charge on any atom is 0.251 e. The van der Waals surface area contributed by atoms with Gasteiger partial charge in [0.05, 0.1) is 11.6 Å². The third-order valence-electron chi connectivity index (χ3n) is 2.18. The summed E-state index contributed by atoms with van der Waals surface area (Å²) in [4.78, 5) is 11.6. The third-order valence-corrected chi connectivity index (χ3v) is 2.18. The van der Waals surface area contributed by atoms with Gasteiger partial charge in [0.15, 0.2) is 0 Å². The molecule has 0 bridgehead atoms. The van der Waals surface area contributed by atoms with Gasteiger partial charge in [0.1, 0.15) is 0 Å². The average molecular weight is 218 g/mol. The van der Waals surface area contributed by atoms with Crippen LogP contribution in [0.5, 0.6) is 0 Å². The average Bonchev–Trinajstić information content (AvgIpc) is 2.35. The molecule has 1 atom stereocenters. The van der Waals surface area contributed by atoms with E-state index >= 15 is 0 Å². The van der Waals surface area contributed by atoms with Crippen LogP contribution in [-0.4, -0.2) is 24.2 Å². The summed E-state index contributed by atoms with van der Waals surface area (Å²) in [5, 5.41) is 20.2. The van der Waals surface area contributed by atoms with Crippen LogP contribution in [0.2, 0.25) is 0 Å². The van der Waals surface area contributed by atoms with E-state index in [9.17, 15) is 4.79 Å². The summed E-state index contributed by atoms with van der Waals surface area (Å²) < 4.78 is 0. The number of carbonyl (C=O) groups is 1. The first kappa shape index (κ1) is 12.2. The highest BCUT2D eigenvalue weighted by Crippen LogP contribution is 2.04. The Bertz CT molecular complexity index is 410. The van der Waals surface area contributed by atoms with Crippen molar-refractivity contribution in [2.75, 3.05) is 13.2 Å². The number of hydrogen-bond acceptors (Lipinski definition) is 3. The Morgan fingerprint density at radius 1 is 1.62 bits per heavy atom. The molecule has 0 saturated heterocycles. The molecule has 0 aliphatic carbocycles. The number of benzene rings is 1. The van der Waals surface area contributed by atoms with E-state index in [1.54, 1.807) is 24.3 Å². The van der Waals surface area contributed by atoms with Crippen LogP contribution >= 0.6 is 0 Å². The van der Waals surface area contributed by atoms with Crippen molar-refractivity contribution in [2.45, 2.75) is 6.92 Å². The molecule has 0 spiro atoms. The minimum atomic E-state index is -0.225. The SMILES string of the molecule is CC(CO)CNC(=O)c1cccc(C#N)c1. The fourth-order valence-electron chi connectivity index (χ4n) is 1.16. The van der Waals surface area contributed by atoms with Gasteiger partial charge in [0.25, 0.3) is 5.91 Å². The zero-order valence-corrected chi connectivity index (χ0v) is 9.10. The van der Waals surface area contributed by atoms with E-state index in [2.05, 4.69) is 5.32 Å². The second-order valence-corrected chi connectivity index (χ2v) is 3.69. The van der Waals surface area contributed by atoms with Crippen LogP contribution in [0.4, 0.5) is 0 Å². The van der Waals surface area contributed by atoms with Crippen LogP contribution in [0.3, 0.4) is 0 Å². The highest BCUT2D eigenvalue weighted by atomic mass is 16.3. The molecule has 0 heterocycles. The number of hydrogen-bond donors (Lipinski definition) is 2. The minimum absolute atomic E-state index is 0.0306. The molecule has 2 N–H and O–H groups in total. The topological polar surface area (TPSA) is 73.1 Å². The molecule has 0 fully saturated rings. The summed E-state index contributed by atoms with van der Waals surface area (Å²) in [5.74, 6) is -0.194. The van der Waals surface area contributed by atoms with E-state index in [4.69, 9.17) is 10.4 Å². The maximum atomic E-state index is 11.6. The number of aliphatic hydroxyl groups excluding tert-OH is 1. The number of carbonyl (C=O) groups excluding carboxylic acids is 1. The van der Waals surface area contributed by atoms with Crippen molar-refractivity contribution in [3.8, 4) is 6.07 Å². The summed E-state index contributed by atoms with van der Waals surface area (Å²) in [6, 6.07) is 8.49. The Morgan fingerprint density at radius 2 is 2.38 bits per heavy atom. The zero-order valence-electron chi connectivity index (χ0n) is 9.10. The molecular weight excluding hydrogens is 204 g/mol. The first-order valence-corrected chi connectivity index (χ1v) is 5.06. The number of rotatable bonds is 4. The van der Waals surface area contributed by atoms with E-state index in [1.165, 1.54) is 0 Å². The van der Waals surface area contributed by atoms with Crippen molar-refractivity contribution in [2.24, 2.45) is 5.92 Å². The van der Waals surface area contributed by atoms with Gasteiger partial charge in [-0.3, -0.25) is 4.79 Å². The second kappa shape index (κ2) is 5.89. The molecule has 84 valence electrons. The Kier molecular flexibility index (Phi) is 4.49. The lowest BCUT2D eigenvalue weighted by Gasteiger charge is -2.09. The standard InChI is InChI=1S/C12H14N2O2/c1-9(8-15)7-14-12(16)11-4-2-3-10(5-11)6-13/h2-5,9,15H,7-8H2,1H3,(H,14,16). The Balaban J connectivity index is 2.63. The quantitative estimate of drug-likeness (QED) is 0.789. The van der Waals surface area contributed by atoms with E-state index in [0.29, 0.717) is 17.7 Å². The summed E-state index contributed by atoms with van der Waals surface area (Å²) in [6.45, 7) is 2.30. The molecule has 1 amide bonds. The fourth-order valence-corrected chi connectivity index (χ4v) is 1.16. The first-order valence-electron chi connectivity index (χ1n) is 5.06. The maximum absolute atomic E-state index is 11.6. The number of nitrogens with one attached hydrogen (secondary N) is 1. The molecule has 0 aromatic heterocycles. The van der Waals surface area contributed by atoms with Crippen molar-refractivity contribution >= 4 is 5.91 Å². The summed E-state index contributed by atoms with van der Waals surface area (Å²) in [7, 11) is 0. The predicted molar refractivity (Wildman–Crippen MR) is 59.7 cm³/mol. The molecule has 1 aromatic rings. The fraction of sp³-hybridized carbons (Fsp3) is 0.333. The van der Waals surface area contributed by atoms with E-state index in [1.807, 2.05) is 13.0 Å². The summed E-state index contributed by atoms with van der Waals surface area (Å²) in [5.41, 5.74) is 0.923. The lowest BCUT2D eigenvalue weighted by Crippen LogP contribution is -2.29. The molecular formula is C12H14N2O2. The molecule has 0 radical (unpaired) electrons. The third kappa shape index (κ3) is 3.37. The number of amides is 1. The Labute approximate surface area is 94.5 Å². The molecule has 0 aliphatic rings. The molecule has 16 heavy (non-hydrogen) atoms. The van der Waals surface area contributed by atoms with Crippen molar-refractivity contribution < 1.29 is 9.90 Å². The molecule has 0 saturated carbocycles. The number of aliphatic hydroxyl groups is 1. The zero-order chi connectivity index (χ0) is 12.0. The smallest absolute Gasteiger partial charge is 0.251 e. The van der Waals surface area contributed by atoms with Gasteiger partial charge in [0.2, 0.25) is 0 Å². The van der Waals surface area contributed by atoms with Crippen LogP contribution in [0.15, 0.2) is 24.3 Å².